The Balaban J connectivity index is 1.93. The Morgan fingerprint density at radius 1 is 0.939 bits per heavy atom. The summed E-state index contributed by atoms with van der Waals surface area (Å²) in [5.74, 6) is -2.59. The summed E-state index contributed by atoms with van der Waals surface area (Å²) < 4.78 is 5.05. The number of nitrogens with one attached hydrogen (secondary N) is 5. The number of carbonyl (C=O) groups excluding carboxylic acids is 8. The SMILES string of the molecule is CC(=O)CNC(=O)OCc1ccc(NC(=O)[C@H](CCCNC(N)=O)NC(=O)[C@@H](NC(=O)CCCCCN2C(=O)CC(C)C2=O)C(C)C)cc1. The molecule has 2 rings (SSSR count). The lowest BCUT2D eigenvalue weighted by atomic mass is 10.0. The second-order valence-electron chi connectivity index (χ2n) is 12.4. The van der Waals surface area contributed by atoms with E-state index < -0.39 is 36.0 Å². The van der Waals surface area contributed by atoms with E-state index in [1.807, 2.05) is 0 Å². The van der Waals surface area contributed by atoms with Gasteiger partial charge in [-0.2, -0.15) is 0 Å². The van der Waals surface area contributed by atoms with E-state index in [1.165, 1.54) is 11.8 Å². The number of primary amides is 1. The Labute approximate surface area is 286 Å². The van der Waals surface area contributed by atoms with E-state index in [4.69, 9.17) is 10.5 Å². The molecule has 0 saturated carbocycles. The fourth-order valence-electron chi connectivity index (χ4n) is 4.95. The van der Waals surface area contributed by atoms with Crippen LogP contribution in [0, 0.1) is 11.8 Å². The molecule has 16 nitrogen and oxygen atoms in total. The van der Waals surface area contributed by atoms with E-state index >= 15 is 0 Å². The molecule has 0 radical (unpaired) electrons. The minimum atomic E-state index is -1.02. The lowest BCUT2D eigenvalue weighted by molar-refractivity contribution is -0.139. The highest BCUT2D eigenvalue weighted by Crippen LogP contribution is 2.19. The molecule has 8 amide bonds. The number of alkyl carbamates (subject to hydrolysis) is 1. The number of hydrogen-bond acceptors (Lipinski definition) is 9. The van der Waals surface area contributed by atoms with Crippen molar-refractivity contribution in [3.05, 3.63) is 29.8 Å². The van der Waals surface area contributed by atoms with E-state index in [9.17, 15) is 38.4 Å². The highest BCUT2D eigenvalue weighted by Gasteiger charge is 2.35. The molecule has 0 aliphatic carbocycles. The van der Waals surface area contributed by atoms with E-state index in [1.54, 1.807) is 45.0 Å². The van der Waals surface area contributed by atoms with Crippen LogP contribution in [0.25, 0.3) is 0 Å². The first-order valence-corrected chi connectivity index (χ1v) is 16.4. The van der Waals surface area contributed by atoms with E-state index in [2.05, 4.69) is 26.6 Å². The number of ketones is 1. The normalized spacial score (nSPS) is 15.3. The van der Waals surface area contributed by atoms with Crippen LogP contribution >= 0.6 is 0 Å². The smallest absolute Gasteiger partial charge is 0.407 e. The standard InChI is InChI=1S/C33H49N7O9/c1-20(2)28(39-26(42)10-6-5-7-16-40-27(43)17-21(3)31(40)46)30(45)38-25(9-8-15-35-32(34)47)29(44)37-24-13-11-23(12-14-24)19-49-33(48)36-18-22(4)41/h11-14,20-21,25,28H,5-10,15-19H2,1-4H3,(H,36,48)(H,37,44)(H,38,45)(H,39,42)(H3,34,35,47)/t21?,25-,28-/m0/s1. The van der Waals surface area contributed by atoms with E-state index in [0.717, 1.165) is 0 Å². The predicted octanol–water partition coefficient (Wildman–Crippen LogP) is 1.47. The Bertz CT molecular complexity index is 1350. The molecular formula is C33H49N7O9. The van der Waals surface area contributed by atoms with Crippen molar-refractivity contribution in [2.24, 2.45) is 17.6 Å². The Morgan fingerprint density at radius 2 is 1.63 bits per heavy atom. The van der Waals surface area contributed by atoms with Crippen molar-refractivity contribution in [2.45, 2.75) is 91.3 Å². The maximum Gasteiger partial charge on any atom is 0.407 e. The van der Waals surface area contributed by atoms with Gasteiger partial charge in [0.2, 0.25) is 29.5 Å². The minimum Gasteiger partial charge on any atom is -0.445 e. The lowest BCUT2D eigenvalue weighted by Gasteiger charge is -2.25. The number of nitrogens with zero attached hydrogens (tertiary/aromatic N) is 1. The third kappa shape index (κ3) is 14.7. The monoisotopic (exact) mass is 687 g/mol. The number of likely N-dealkylation sites (tertiary alicyclic amines) is 1. The van der Waals surface area contributed by atoms with E-state index in [-0.39, 0.29) is 74.3 Å². The maximum atomic E-state index is 13.4. The number of amides is 8. The number of benzene rings is 1. The zero-order valence-corrected chi connectivity index (χ0v) is 28.6. The van der Waals surface area contributed by atoms with Crippen molar-refractivity contribution in [1.29, 1.82) is 0 Å². The van der Waals surface area contributed by atoms with Crippen molar-refractivity contribution in [3.8, 4) is 0 Å². The summed E-state index contributed by atoms with van der Waals surface area (Å²) in [6.07, 6.45) is 1.78. The van der Waals surface area contributed by atoms with Crippen LogP contribution in [0.5, 0.6) is 0 Å². The molecule has 270 valence electrons. The number of ether oxygens (including phenoxy) is 1. The Morgan fingerprint density at radius 3 is 2.22 bits per heavy atom. The fraction of sp³-hybridized carbons (Fsp3) is 0.576. The van der Waals surface area contributed by atoms with Crippen molar-refractivity contribution >= 4 is 53.1 Å². The van der Waals surface area contributed by atoms with Crippen LogP contribution in [0.15, 0.2) is 24.3 Å². The third-order valence-electron chi connectivity index (χ3n) is 7.70. The van der Waals surface area contributed by atoms with Crippen LogP contribution in [0.2, 0.25) is 0 Å². The number of nitrogens with two attached hydrogens (primary N) is 1. The summed E-state index contributed by atoms with van der Waals surface area (Å²) in [7, 11) is 0. The van der Waals surface area contributed by atoms with Crippen molar-refractivity contribution in [1.82, 2.24) is 26.2 Å². The summed E-state index contributed by atoms with van der Waals surface area (Å²) >= 11 is 0. The molecule has 49 heavy (non-hydrogen) atoms. The molecule has 1 fully saturated rings. The second kappa shape index (κ2) is 20.4. The summed E-state index contributed by atoms with van der Waals surface area (Å²) in [5, 5.41) is 13.0. The van der Waals surface area contributed by atoms with Crippen LogP contribution in [0.3, 0.4) is 0 Å². The van der Waals surface area contributed by atoms with Crippen LogP contribution in [0.1, 0.15) is 78.2 Å². The largest absolute Gasteiger partial charge is 0.445 e. The van der Waals surface area contributed by atoms with Crippen molar-refractivity contribution < 1.29 is 43.1 Å². The number of urea groups is 1. The first-order valence-electron chi connectivity index (χ1n) is 16.4. The van der Waals surface area contributed by atoms with Gasteiger partial charge in [0.1, 0.15) is 24.5 Å². The number of Topliss-reactive ketones (excluding diaryl/α,β-unsaturated/α-hetero) is 1. The van der Waals surface area contributed by atoms with Gasteiger partial charge in [0, 0.05) is 37.5 Å². The van der Waals surface area contributed by atoms with Gasteiger partial charge in [-0.1, -0.05) is 39.3 Å². The molecule has 3 atom stereocenters. The van der Waals surface area contributed by atoms with Crippen LogP contribution in [0.4, 0.5) is 15.3 Å². The van der Waals surface area contributed by atoms with Crippen molar-refractivity contribution in [2.75, 3.05) is 25.0 Å². The summed E-state index contributed by atoms with van der Waals surface area (Å²) in [5.41, 5.74) is 6.17. The molecule has 1 unspecified atom stereocenters. The zero-order chi connectivity index (χ0) is 36.5. The first kappa shape index (κ1) is 40.2. The Kier molecular flexibility index (Phi) is 16.7. The number of unbranched alkanes of at least 4 members (excludes halogenated alkanes) is 2. The van der Waals surface area contributed by atoms with Gasteiger partial charge in [-0.3, -0.25) is 33.7 Å². The molecule has 7 N–H and O–H groups in total. The molecular weight excluding hydrogens is 638 g/mol. The molecule has 0 spiro atoms. The summed E-state index contributed by atoms with van der Waals surface area (Å²) in [6, 6.07) is 3.78. The molecule has 1 aliphatic rings. The number of carbonyl (C=O) groups is 8. The Hall–Kier alpha value is -5.02. The maximum absolute atomic E-state index is 13.4. The first-order chi connectivity index (χ1) is 23.2. The van der Waals surface area contributed by atoms with Gasteiger partial charge >= 0.3 is 12.1 Å². The molecule has 1 aromatic carbocycles. The summed E-state index contributed by atoms with van der Waals surface area (Å²) in [6.45, 7) is 6.88. The third-order valence-corrected chi connectivity index (χ3v) is 7.70. The van der Waals surface area contributed by atoms with Gasteiger partial charge in [-0.25, -0.2) is 9.59 Å². The van der Waals surface area contributed by atoms with Gasteiger partial charge in [-0.05, 0) is 56.2 Å². The molecule has 1 aliphatic heterocycles. The number of hydrogen-bond donors (Lipinski definition) is 6. The molecule has 0 aromatic heterocycles. The van der Waals surface area contributed by atoms with Gasteiger partial charge < -0.3 is 37.1 Å². The van der Waals surface area contributed by atoms with Crippen LogP contribution in [-0.4, -0.2) is 84.1 Å². The molecule has 16 heteroatoms. The van der Waals surface area contributed by atoms with Gasteiger partial charge in [0.05, 0.1) is 6.54 Å². The average molecular weight is 688 g/mol. The average Bonchev–Trinajstić information content (AvgIpc) is 3.28. The molecule has 1 aromatic rings. The van der Waals surface area contributed by atoms with Gasteiger partial charge in [-0.15, -0.1) is 0 Å². The fourth-order valence-corrected chi connectivity index (χ4v) is 4.95. The van der Waals surface area contributed by atoms with Crippen LogP contribution < -0.4 is 32.3 Å². The van der Waals surface area contributed by atoms with Gasteiger partial charge in [0.15, 0.2) is 0 Å². The second-order valence-corrected chi connectivity index (χ2v) is 12.4. The lowest BCUT2D eigenvalue weighted by Crippen LogP contribution is -2.54. The molecule has 0 bridgehead atoms. The van der Waals surface area contributed by atoms with Gasteiger partial charge in [0.25, 0.3) is 0 Å². The minimum absolute atomic E-state index is 0.0637. The predicted molar refractivity (Wildman–Crippen MR) is 178 cm³/mol. The topological polar surface area (TPSA) is 235 Å². The highest BCUT2D eigenvalue weighted by atomic mass is 16.5. The molecule has 1 heterocycles. The number of imide groups is 1. The quantitative estimate of drug-likeness (QED) is 0.0859. The zero-order valence-electron chi connectivity index (χ0n) is 28.6. The van der Waals surface area contributed by atoms with E-state index in [0.29, 0.717) is 43.5 Å². The highest BCUT2D eigenvalue weighted by molar-refractivity contribution is 6.03. The molecule has 1 saturated heterocycles. The summed E-state index contributed by atoms with van der Waals surface area (Å²) in [4.78, 5) is 98.5. The number of rotatable bonds is 20. The van der Waals surface area contributed by atoms with Crippen molar-refractivity contribution in [3.63, 3.8) is 0 Å². The number of anilines is 1. The van der Waals surface area contributed by atoms with Crippen LogP contribution in [-0.2, 0) is 40.1 Å².